The van der Waals surface area contributed by atoms with Crippen molar-refractivity contribution in [1.82, 2.24) is 10.2 Å². The zero-order chi connectivity index (χ0) is 14.1. The molecule has 1 aliphatic rings. The summed E-state index contributed by atoms with van der Waals surface area (Å²) in [5.74, 6) is 0.115. The van der Waals surface area contributed by atoms with E-state index in [-0.39, 0.29) is 18.1 Å². The second-order valence-corrected chi connectivity index (χ2v) is 5.44. The average molecular weight is 266 g/mol. The van der Waals surface area contributed by atoms with Crippen LogP contribution in [0.15, 0.2) is 0 Å². The molecular weight excluding hydrogens is 245 g/mol. The molecule has 3 nitrogen and oxygen atoms in total. The van der Waals surface area contributed by atoms with Crippen LogP contribution in [0.1, 0.15) is 40.5 Å². The van der Waals surface area contributed by atoms with E-state index in [0.29, 0.717) is 12.3 Å². The normalized spacial score (nSPS) is 27.1. The number of hydrogen-bond donors (Lipinski definition) is 1. The van der Waals surface area contributed by atoms with E-state index in [1.165, 1.54) is 11.8 Å². The average Bonchev–Trinajstić information content (AvgIpc) is 2.37. The van der Waals surface area contributed by atoms with Crippen molar-refractivity contribution in [2.24, 2.45) is 5.92 Å². The third-order valence-electron chi connectivity index (χ3n) is 3.12. The minimum Gasteiger partial charge on any atom is -0.323 e. The summed E-state index contributed by atoms with van der Waals surface area (Å²) < 4.78 is 37.1. The van der Waals surface area contributed by atoms with Crippen LogP contribution in [0.3, 0.4) is 0 Å². The van der Waals surface area contributed by atoms with Crippen molar-refractivity contribution in [3.63, 3.8) is 0 Å². The van der Waals surface area contributed by atoms with E-state index in [9.17, 15) is 18.0 Å². The van der Waals surface area contributed by atoms with Gasteiger partial charge in [-0.3, -0.25) is 10.1 Å². The van der Waals surface area contributed by atoms with Crippen LogP contribution < -0.4 is 5.32 Å². The van der Waals surface area contributed by atoms with Gasteiger partial charge in [0.15, 0.2) is 0 Å². The first kappa shape index (κ1) is 15.3. The summed E-state index contributed by atoms with van der Waals surface area (Å²) in [5.41, 5.74) is 0. The Labute approximate surface area is 106 Å². The molecule has 0 aromatic rings. The zero-order valence-corrected chi connectivity index (χ0v) is 11.2. The van der Waals surface area contributed by atoms with Crippen LogP contribution in [0.2, 0.25) is 0 Å². The molecule has 0 aliphatic carbocycles. The molecule has 1 N–H and O–H groups in total. The van der Waals surface area contributed by atoms with Crippen molar-refractivity contribution >= 4 is 5.91 Å². The van der Waals surface area contributed by atoms with Gasteiger partial charge in [0.25, 0.3) is 0 Å². The molecule has 18 heavy (non-hydrogen) atoms. The first-order valence-corrected chi connectivity index (χ1v) is 6.26. The van der Waals surface area contributed by atoms with Crippen LogP contribution in [0.5, 0.6) is 0 Å². The molecule has 0 spiro atoms. The van der Waals surface area contributed by atoms with E-state index in [2.05, 4.69) is 5.32 Å². The number of carbonyl (C=O) groups is 1. The van der Waals surface area contributed by atoms with Crippen LogP contribution in [0, 0.1) is 5.92 Å². The van der Waals surface area contributed by atoms with Gasteiger partial charge in [-0.1, -0.05) is 13.8 Å². The highest BCUT2D eigenvalue weighted by molar-refractivity contribution is 5.84. The summed E-state index contributed by atoms with van der Waals surface area (Å²) in [6, 6.07) is -1.17. The Balaban J connectivity index is 2.69. The number of nitrogens with one attached hydrogen (secondary N) is 1. The molecule has 0 radical (unpaired) electrons. The van der Waals surface area contributed by atoms with Crippen LogP contribution >= 0.6 is 0 Å². The van der Waals surface area contributed by atoms with Crippen molar-refractivity contribution in [2.45, 2.75) is 65.0 Å². The van der Waals surface area contributed by atoms with Crippen molar-refractivity contribution in [1.29, 1.82) is 0 Å². The van der Waals surface area contributed by atoms with Gasteiger partial charge in [-0.2, -0.15) is 13.2 Å². The van der Waals surface area contributed by atoms with Gasteiger partial charge in [0.05, 0.1) is 18.6 Å². The lowest BCUT2D eigenvalue weighted by molar-refractivity contribution is -0.153. The van der Waals surface area contributed by atoms with Gasteiger partial charge in [0.1, 0.15) is 0 Å². The largest absolute Gasteiger partial charge is 0.391 e. The Bertz CT molecular complexity index is 304. The molecule has 106 valence electrons. The highest BCUT2D eigenvalue weighted by Gasteiger charge is 2.42. The summed E-state index contributed by atoms with van der Waals surface area (Å²) in [4.78, 5) is 13.4. The number of amides is 1. The lowest BCUT2D eigenvalue weighted by atomic mass is 10.0. The summed E-state index contributed by atoms with van der Waals surface area (Å²) in [5, 5.41) is 3.06. The van der Waals surface area contributed by atoms with Crippen LogP contribution in [-0.2, 0) is 4.79 Å². The standard InChI is InChI=1S/C12H21F3N2O/c1-7(2)5-10-11(18)17(9(4)16-10)8(3)6-12(13,14)15/h7-10,16H,5-6H2,1-4H3. The molecule has 6 heteroatoms. The van der Waals surface area contributed by atoms with E-state index in [1.807, 2.05) is 13.8 Å². The maximum atomic E-state index is 12.4. The van der Waals surface area contributed by atoms with Gasteiger partial charge in [0.2, 0.25) is 5.91 Å². The Morgan fingerprint density at radius 3 is 2.33 bits per heavy atom. The highest BCUT2D eigenvalue weighted by Crippen LogP contribution is 2.27. The van der Waals surface area contributed by atoms with Gasteiger partial charge in [-0.25, -0.2) is 0 Å². The van der Waals surface area contributed by atoms with Gasteiger partial charge in [-0.05, 0) is 26.2 Å². The summed E-state index contributed by atoms with van der Waals surface area (Å²) in [7, 11) is 0. The van der Waals surface area contributed by atoms with Gasteiger partial charge in [0, 0.05) is 6.04 Å². The Morgan fingerprint density at radius 2 is 1.89 bits per heavy atom. The topological polar surface area (TPSA) is 32.3 Å². The van der Waals surface area contributed by atoms with Gasteiger partial charge >= 0.3 is 6.18 Å². The second-order valence-electron chi connectivity index (χ2n) is 5.44. The third kappa shape index (κ3) is 3.86. The van der Waals surface area contributed by atoms with Gasteiger partial charge in [-0.15, -0.1) is 0 Å². The number of rotatable bonds is 4. The third-order valence-corrected chi connectivity index (χ3v) is 3.12. The van der Waals surface area contributed by atoms with Crippen molar-refractivity contribution in [2.75, 3.05) is 0 Å². The fraction of sp³-hybridized carbons (Fsp3) is 0.917. The van der Waals surface area contributed by atoms with E-state index in [4.69, 9.17) is 0 Å². The minimum atomic E-state index is -4.24. The molecule has 0 aromatic heterocycles. The number of carbonyl (C=O) groups excluding carboxylic acids is 1. The van der Waals surface area contributed by atoms with E-state index in [0.717, 1.165) is 0 Å². The van der Waals surface area contributed by atoms with Crippen molar-refractivity contribution in [3.05, 3.63) is 0 Å². The lowest BCUT2D eigenvalue weighted by Crippen LogP contribution is -2.43. The molecule has 1 rings (SSSR count). The van der Waals surface area contributed by atoms with Crippen molar-refractivity contribution in [3.8, 4) is 0 Å². The summed E-state index contributed by atoms with van der Waals surface area (Å²) >= 11 is 0. The van der Waals surface area contributed by atoms with Gasteiger partial charge < -0.3 is 4.90 Å². The number of halogens is 3. The van der Waals surface area contributed by atoms with Crippen LogP contribution in [-0.4, -0.2) is 35.2 Å². The molecule has 1 aliphatic heterocycles. The molecular formula is C12H21F3N2O. The van der Waals surface area contributed by atoms with E-state index < -0.39 is 18.6 Å². The fourth-order valence-corrected chi connectivity index (χ4v) is 2.49. The number of nitrogens with zero attached hydrogens (tertiary/aromatic N) is 1. The Hall–Kier alpha value is -0.780. The molecule has 1 heterocycles. The number of alkyl halides is 3. The summed E-state index contributed by atoms with van der Waals surface area (Å²) in [6.07, 6.45) is -4.88. The van der Waals surface area contributed by atoms with E-state index >= 15 is 0 Å². The zero-order valence-electron chi connectivity index (χ0n) is 11.2. The minimum absolute atomic E-state index is 0.215. The smallest absolute Gasteiger partial charge is 0.323 e. The molecule has 1 saturated heterocycles. The molecule has 0 aromatic carbocycles. The lowest BCUT2D eigenvalue weighted by Gasteiger charge is -2.28. The van der Waals surface area contributed by atoms with Crippen molar-refractivity contribution < 1.29 is 18.0 Å². The number of hydrogen-bond acceptors (Lipinski definition) is 2. The monoisotopic (exact) mass is 266 g/mol. The fourth-order valence-electron chi connectivity index (χ4n) is 2.49. The first-order chi connectivity index (χ1) is 8.11. The molecule has 1 fully saturated rings. The molecule has 1 amide bonds. The van der Waals surface area contributed by atoms with Crippen LogP contribution in [0.4, 0.5) is 13.2 Å². The Kier molecular flexibility index (Phi) is 4.64. The predicted molar refractivity (Wildman–Crippen MR) is 62.8 cm³/mol. The highest BCUT2D eigenvalue weighted by atomic mass is 19.4. The van der Waals surface area contributed by atoms with Crippen LogP contribution in [0.25, 0.3) is 0 Å². The maximum Gasteiger partial charge on any atom is 0.391 e. The second kappa shape index (κ2) is 5.47. The summed E-state index contributed by atoms with van der Waals surface area (Å²) in [6.45, 7) is 7.15. The maximum absolute atomic E-state index is 12.4. The Morgan fingerprint density at radius 1 is 1.33 bits per heavy atom. The quantitative estimate of drug-likeness (QED) is 0.848. The predicted octanol–water partition coefficient (Wildman–Crippen LogP) is 2.52. The first-order valence-electron chi connectivity index (χ1n) is 6.26. The molecule has 3 atom stereocenters. The molecule has 0 bridgehead atoms. The molecule has 3 unspecified atom stereocenters. The molecule has 0 saturated carbocycles. The SMILES string of the molecule is CC(C)CC1NC(C)N(C(C)CC(F)(F)F)C1=O. The van der Waals surface area contributed by atoms with E-state index in [1.54, 1.807) is 6.92 Å².